The lowest BCUT2D eigenvalue weighted by atomic mass is 9.84. The summed E-state index contributed by atoms with van der Waals surface area (Å²) in [5.74, 6) is 1.31. The summed E-state index contributed by atoms with van der Waals surface area (Å²) in [6.45, 7) is 0.688. The van der Waals surface area contributed by atoms with E-state index in [9.17, 15) is 4.79 Å². The van der Waals surface area contributed by atoms with Crippen molar-refractivity contribution in [1.29, 1.82) is 0 Å². The van der Waals surface area contributed by atoms with E-state index in [-0.39, 0.29) is 17.9 Å². The highest BCUT2D eigenvalue weighted by Crippen LogP contribution is 2.47. The molecule has 4 rings (SSSR count). The van der Waals surface area contributed by atoms with Gasteiger partial charge in [-0.15, -0.1) is 0 Å². The van der Waals surface area contributed by atoms with Gasteiger partial charge in [-0.05, 0) is 53.9 Å². The van der Waals surface area contributed by atoms with E-state index < -0.39 is 0 Å². The molecule has 2 fully saturated rings. The van der Waals surface area contributed by atoms with Gasteiger partial charge in [0.05, 0.1) is 5.92 Å². The van der Waals surface area contributed by atoms with Crippen LogP contribution in [-0.2, 0) is 11.2 Å². The van der Waals surface area contributed by atoms with Crippen molar-refractivity contribution in [2.24, 2.45) is 23.5 Å². The van der Waals surface area contributed by atoms with Gasteiger partial charge in [-0.1, -0.05) is 42.5 Å². The van der Waals surface area contributed by atoms with Gasteiger partial charge in [-0.3, -0.25) is 4.79 Å². The van der Waals surface area contributed by atoms with E-state index in [0.717, 1.165) is 12.8 Å². The highest BCUT2D eigenvalue weighted by molar-refractivity contribution is 5.85. The van der Waals surface area contributed by atoms with Gasteiger partial charge in [0.1, 0.15) is 0 Å². The molecule has 3 heteroatoms. The van der Waals surface area contributed by atoms with Crippen LogP contribution in [0.15, 0.2) is 42.5 Å². The molecule has 1 amide bonds. The van der Waals surface area contributed by atoms with Crippen LogP contribution < -0.4 is 11.1 Å². The molecule has 2 saturated carbocycles. The van der Waals surface area contributed by atoms with Gasteiger partial charge < -0.3 is 11.1 Å². The molecule has 2 aliphatic carbocycles. The van der Waals surface area contributed by atoms with Crippen molar-refractivity contribution in [2.45, 2.75) is 31.7 Å². The summed E-state index contributed by atoms with van der Waals surface area (Å²) in [6.07, 6.45) is 4.41. The zero-order valence-corrected chi connectivity index (χ0v) is 13.4. The van der Waals surface area contributed by atoms with E-state index in [1.54, 1.807) is 0 Å². The maximum Gasteiger partial charge on any atom is 0.224 e. The lowest BCUT2D eigenvalue weighted by molar-refractivity contribution is -0.127. The molecule has 0 radical (unpaired) electrons. The van der Waals surface area contributed by atoms with E-state index in [1.807, 2.05) is 0 Å². The average molecular weight is 308 g/mol. The second kappa shape index (κ2) is 5.97. The van der Waals surface area contributed by atoms with Crippen molar-refractivity contribution >= 4 is 16.7 Å². The van der Waals surface area contributed by atoms with Crippen LogP contribution in [0.25, 0.3) is 10.8 Å². The number of nitrogens with one attached hydrogen (secondary N) is 1. The lowest BCUT2D eigenvalue weighted by Gasteiger charge is -2.27. The summed E-state index contributed by atoms with van der Waals surface area (Å²) in [5.41, 5.74) is 7.55. The summed E-state index contributed by atoms with van der Waals surface area (Å²) in [5, 5.41) is 5.67. The minimum atomic E-state index is 0.0428. The molecule has 2 aromatic carbocycles. The monoisotopic (exact) mass is 308 g/mol. The second-order valence-corrected chi connectivity index (χ2v) is 7.12. The van der Waals surface area contributed by atoms with Crippen molar-refractivity contribution in [3.8, 4) is 0 Å². The Morgan fingerprint density at radius 3 is 2.70 bits per heavy atom. The van der Waals surface area contributed by atoms with Crippen LogP contribution in [0.3, 0.4) is 0 Å². The number of benzene rings is 2. The van der Waals surface area contributed by atoms with Crippen molar-refractivity contribution in [2.75, 3.05) is 6.54 Å². The Hall–Kier alpha value is -1.87. The molecule has 3 N–H and O–H groups in total. The van der Waals surface area contributed by atoms with Gasteiger partial charge in [0.2, 0.25) is 5.91 Å². The molecule has 0 spiro atoms. The predicted molar refractivity (Wildman–Crippen MR) is 93.0 cm³/mol. The largest absolute Gasteiger partial charge is 0.355 e. The van der Waals surface area contributed by atoms with Crippen LogP contribution in [0.4, 0.5) is 0 Å². The van der Waals surface area contributed by atoms with E-state index in [0.29, 0.717) is 18.4 Å². The number of carbonyl (C=O) groups is 1. The Morgan fingerprint density at radius 1 is 1.09 bits per heavy atom. The number of nitrogens with two attached hydrogens (primary N) is 1. The van der Waals surface area contributed by atoms with E-state index in [1.165, 1.54) is 29.2 Å². The Morgan fingerprint density at radius 2 is 1.87 bits per heavy atom. The van der Waals surface area contributed by atoms with E-state index in [2.05, 4.69) is 47.8 Å². The maximum absolute atomic E-state index is 12.5. The van der Waals surface area contributed by atoms with Crippen LogP contribution >= 0.6 is 0 Å². The molecule has 0 saturated heterocycles. The fraction of sp³-hybridized carbons (Fsp3) is 0.450. The molecule has 23 heavy (non-hydrogen) atoms. The summed E-state index contributed by atoms with van der Waals surface area (Å²) < 4.78 is 0. The molecule has 4 atom stereocenters. The van der Waals surface area contributed by atoms with Crippen LogP contribution in [0.5, 0.6) is 0 Å². The third-order valence-corrected chi connectivity index (χ3v) is 5.86. The minimum absolute atomic E-state index is 0.0428. The van der Waals surface area contributed by atoms with Gasteiger partial charge in [-0.25, -0.2) is 0 Å². The molecule has 0 aliphatic heterocycles. The maximum atomic E-state index is 12.5. The summed E-state index contributed by atoms with van der Waals surface area (Å²) in [6, 6.07) is 14.9. The Bertz CT molecular complexity index is 719. The molecule has 3 nitrogen and oxygen atoms in total. The lowest BCUT2D eigenvalue weighted by Crippen LogP contribution is -2.45. The van der Waals surface area contributed by atoms with Crippen molar-refractivity contribution in [1.82, 2.24) is 5.32 Å². The normalized spacial score (nSPS) is 29.1. The van der Waals surface area contributed by atoms with Gasteiger partial charge in [0.15, 0.2) is 0 Å². The summed E-state index contributed by atoms with van der Waals surface area (Å²) >= 11 is 0. The average Bonchev–Trinajstić information content (AvgIpc) is 3.16. The van der Waals surface area contributed by atoms with Gasteiger partial charge in [0, 0.05) is 12.6 Å². The first-order valence-electron chi connectivity index (χ1n) is 8.74. The molecule has 2 aliphatic rings. The smallest absolute Gasteiger partial charge is 0.224 e. The van der Waals surface area contributed by atoms with Gasteiger partial charge >= 0.3 is 0 Å². The number of carbonyl (C=O) groups excluding carboxylic acids is 1. The fourth-order valence-electron chi connectivity index (χ4n) is 4.67. The van der Waals surface area contributed by atoms with E-state index >= 15 is 0 Å². The van der Waals surface area contributed by atoms with Gasteiger partial charge in [0.25, 0.3) is 0 Å². The van der Waals surface area contributed by atoms with Crippen LogP contribution in [0.2, 0.25) is 0 Å². The molecule has 120 valence electrons. The predicted octanol–water partition coefficient (Wildman–Crippen LogP) is 2.87. The Balaban J connectivity index is 1.39. The molecule has 0 heterocycles. The molecular weight excluding hydrogens is 284 g/mol. The minimum Gasteiger partial charge on any atom is -0.355 e. The quantitative estimate of drug-likeness (QED) is 0.912. The topological polar surface area (TPSA) is 55.1 Å². The van der Waals surface area contributed by atoms with Crippen LogP contribution in [-0.4, -0.2) is 18.5 Å². The fourth-order valence-corrected chi connectivity index (χ4v) is 4.67. The summed E-state index contributed by atoms with van der Waals surface area (Å²) in [7, 11) is 0. The molecular formula is C20H24N2O. The van der Waals surface area contributed by atoms with E-state index in [4.69, 9.17) is 5.73 Å². The number of hydrogen-bond donors (Lipinski definition) is 2. The number of hydrogen-bond acceptors (Lipinski definition) is 2. The van der Waals surface area contributed by atoms with Crippen molar-refractivity contribution in [3.63, 3.8) is 0 Å². The SMILES string of the molecule is NC1C2CCC(C2)C1C(=O)NCCc1cccc2ccccc12. The van der Waals surface area contributed by atoms with Crippen molar-refractivity contribution < 1.29 is 4.79 Å². The van der Waals surface area contributed by atoms with Crippen molar-refractivity contribution in [3.05, 3.63) is 48.0 Å². The van der Waals surface area contributed by atoms with Gasteiger partial charge in [-0.2, -0.15) is 0 Å². The first-order valence-corrected chi connectivity index (χ1v) is 8.74. The third-order valence-electron chi connectivity index (χ3n) is 5.86. The molecule has 2 bridgehead atoms. The highest BCUT2D eigenvalue weighted by atomic mass is 16.1. The molecule has 4 unspecified atom stereocenters. The molecule has 0 aromatic heterocycles. The zero-order chi connectivity index (χ0) is 15.8. The molecule has 2 aromatic rings. The second-order valence-electron chi connectivity index (χ2n) is 7.12. The summed E-state index contributed by atoms with van der Waals surface area (Å²) in [4.78, 5) is 12.5. The highest BCUT2D eigenvalue weighted by Gasteiger charge is 2.48. The Kier molecular flexibility index (Phi) is 3.82. The Labute approximate surface area is 137 Å². The first-order chi connectivity index (χ1) is 11.2. The van der Waals surface area contributed by atoms with Crippen LogP contribution in [0, 0.1) is 17.8 Å². The third kappa shape index (κ3) is 2.63. The standard InChI is InChI=1S/C20H24N2O/c21-19-16-9-8-15(12-16)18(19)20(23)22-11-10-14-6-3-5-13-4-1-2-7-17(13)14/h1-7,15-16,18-19H,8-12,21H2,(H,22,23). The number of rotatable bonds is 4. The number of fused-ring (bicyclic) bond motifs is 3. The zero-order valence-electron chi connectivity index (χ0n) is 13.4. The number of amides is 1. The first kappa shape index (κ1) is 14.7. The van der Waals surface area contributed by atoms with Crippen LogP contribution in [0.1, 0.15) is 24.8 Å².